The Kier molecular flexibility index (Phi) is 10.1. The lowest BCUT2D eigenvalue weighted by atomic mass is 9.88. The molecule has 0 bridgehead atoms. The van der Waals surface area contributed by atoms with Crippen molar-refractivity contribution in [2.24, 2.45) is 0 Å². The Hall–Kier alpha value is -2.22. The predicted octanol–water partition coefficient (Wildman–Crippen LogP) is 4.28. The summed E-state index contributed by atoms with van der Waals surface area (Å²) in [6.07, 6.45) is 4.48. The number of hydrogen-bond donors (Lipinski definition) is 2. The Labute approximate surface area is 202 Å². The van der Waals surface area contributed by atoms with Gasteiger partial charge in [0.2, 0.25) is 11.8 Å². The first kappa shape index (κ1) is 27.0. The zero-order valence-corrected chi connectivity index (χ0v) is 21.5. The lowest BCUT2D eigenvalue weighted by molar-refractivity contribution is -0.147. The van der Waals surface area contributed by atoms with E-state index in [0.717, 1.165) is 24.8 Å². The van der Waals surface area contributed by atoms with Crippen LogP contribution in [0.1, 0.15) is 71.9 Å². The molecule has 0 radical (unpaired) electrons. The van der Waals surface area contributed by atoms with Gasteiger partial charge >= 0.3 is 6.09 Å². The van der Waals surface area contributed by atoms with Crippen LogP contribution in [0.2, 0.25) is 0 Å². The molecule has 2 rings (SSSR count). The minimum absolute atomic E-state index is 0.0437. The average molecular weight is 478 g/mol. The summed E-state index contributed by atoms with van der Waals surface area (Å²) in [6, 6.07) is 7.75. The molecule has 0 spiro atoms. The van der Waals surface area contributed by atoms with Crippen LogP contribution >= 0.6 is 11.8 Å². The first-order chi connectivity index (χ1) is 15.5. The van der Waals surface area contributed by atoms with E-state index in [1.54, 1.807) is 37.4 Å². The summed E-state index contributed by atoms with van der Waals surface area (Å²) < 4.78 is 5.42. The second-order valence-electron chi connectivity index (χ2n) is 9.79. The van der Waals surface area contributed by atoms with Crippen LogP contribution in [0.15, 0.2) is 30.3 Å². The number of carbonyl (C=O) groups is 3. The van der Waals surface area contributed by atoms with Crippen LogP contribution in [-0.2, 0) is 14.3 Å². The lowest BCUT2D eigenvalue weighted by Gasteiger charge is -2.43. The minimum atomic E-state index is -0.772. The molecule has 1 aliphatic carbocycles. The molecule has 184 valence electrons. The summed E-state index contributed by atoms with van der Waals surface area (Å²) in [5.41, 5.74) is 0.0889. The second-order valence-corrected chi connectivity index (χ2v) is 10.8. The van der Waals surface area contributed by atoms with Crippen molar-refractivity contribution in [3.63, 3.8) is 0 Å². The van der Waals surface area contributed by atoms with E-state index in [4.69, 9.17) is 4.74 Å². The molecule has 0 saturated heterocycles. The maximum Gasteiger partial charge on any atom is 0.408 e. The van der Waals surface area contributed by atoms with Gasteiger partial charge in [-0.15, -0.1) is 0 Å². The van der Waals surface area contributed by atoms with Crippen molar-refractivity contribution in [1.82, 2.24) is 15.5 Å². The monoisotopic (exact) mass is 477 g/mol. The van der Waals surface area contributed by atoms with Crippen LogP contribution < -0.4 is 10.6 Å². The number of rotatable bonds is 10. The van der Waals surface area contributed by atoms with Gasteiger partial charge in [0.05, 0.1) is 0 Å². The van der Waals surface area contributed by atoms with Gasteiger partial charge in [0.25, 0.3) is 0 Å². The number of alkyl carbamates (subject to hydrolysis) is 1. The van der Waals surface area contributed by atoms with Crippen molar-refractivity contribution in [3.8, 4) is 0 Å². The quantitative estimate of drug-likeness (QED) is 0.525. The first-order valence-electron chi connectivity index (χ1n) is 11.7. The lowest BCUT2D eigenvalue weighted by Crippen LogP contribution is -2.58. The summed E-state index contributed by atoms with van der Waals surface area (Å²) >= 11 is 1.60. The Morgan fingerprint density at radius 1 is 1.12 bits per heavy atom. The van der Waals surface area contributed by atoms with Crippen molar-refractivity contribution in [3.05, 3.63) is 35.9 Å². The molecule has 1 fully saturated rings. The fourth-order valence-corrected chi connectivity index (χ4v) is 4.21. The highest BCUT2D eigenvalue weighted by atomic mass is 32.2. The van der Waals surface area contributed by atoms with Gasteiger partial charge in [-0.05, 0) is 77.9 Å². The molecule has 3 amide bonds. The molecule has 1 aromatic rings. The third-order valence-electron chi connectivity index (χ3n) is 5.40. The number of nitrogens with one attached hydrogen (secondary N) is 2. The molecule has 0 aromatic heterocycles. The third kappa shape index (κ3) is 8.25. The van der Waals surface area contributed by atoms with Crippen LogP contribution in [-0.4, -0.2) is 58.5 Å². The van der Waals surface area contributed by atoms with E-state index in [-0.39, 0.29) is 23.9 Å². The van der Waals surface area contributed by atoms with Crippen LogP contribution in [0, 0.1) is 0 Å². The Morgan fingerprint density at radius 2 is 1.76 bits per heavy atom. The van der Waals surface area contributed by atoms with E-state index in [1.165, 1.54) is 0 Å². The largest absolute Gasteiger partial charge is 0.444 e. The molecule has 0 heterocycles. The van der Waals surface area contributed by atoms with E-state index in [2.05, 4.69) is 10.6 Å². The van der Waals surface area contributed by atoms with Gasteiger partial charge in [0.15, 0.2) is 0 Å². The first-order valence-corrected chi connectivity index (χ1v) is 13.1. The normalized spacial score (nSPS) is 15.8. The second kappa shape index (κ2) is 12.3. The topological polar surface area (TPSA) is 87.7 Å². The number of amides is 3. The van der Waals surface area contributed by atoms with Crippen molar-refractivity contribution in [2.75, 3.05) is 12.0 Å². The molecule has 33 heavy (non-hydrogen) atoms. The number of carbonyl (C=O) groups excluding carboxylic acids is 3. The number of thioether (sulfide) groups is 1. The Balaban J connectivity index is 2.40. The zero-order valence-electron chi connectivity index (χ0n) is 20.7. The molecular weight excluding hydrogens is 438 g/mol. The SMILES string of the molecule is CSCCC(NC(=O)OC(C)(C)C)C(=O)N(C1CCC1)C(C(=O)NC(C)C)c1ccccc1. The summed E-state index contributed by atoms with van der Waals surface area (Å²) in [7, 11) is 0. The highest BCUT2D eigenvalue weighted by Gasteiger charge is 2.41. The molecule has 7 nitrogen and oxygen atoms in total. The number of nitrogens with zero attached hydrogens (tertiary/aromatic N) is 1. The van der Waals surface area contributed by atoms with Crippen LogP contribution in [0.5, 0.6) is 0 Å². The smallest absolute Gasteiger partial charge is 0.408 e. The van der Waals surface area contributed by atoms with E-state index < -0.39 is 23.8 Å². The summed E-state index contributed by atoms with van der Waals surface area (Å²) in [6.45, 7) is 9.16. The van der Waals surface area contributed by atoms with Crippen molar-refractivity contribution in [2.45, 2.75) is 90.1 Å². The molecule has 2 atom stereocenters. The molecular formula is C25H39N3O4S. The molecule has 1 aliphatic rings. The summed E-state index contributed by atoms with van der Waals surface area (Å²) in [5, 5.41) is 5.77. The van der Waals surface area contributed by atoms with E-state index >= 15 is 0 Å². The molecule has 1 saturated carbocycles. The highest BCUT2D eigenvalue weighted by molar-refractivity contribution is 7.98. The predicted molar refractivity (Wildman–Crippen MR) is 133 cm³/mol. The third-order valence-corrected chi connectivity index (χ3v) is 6.04. The van der Waals surface area contributed by atoms with Crippen LogP contribution in [0.25, 0.3) is 0 Å². The fraction of sp³-hybridized carbons (Fsp3) is 0.640. The van der Waals surface area contributed by atoms with Crippen LogP contribution in [0.3, 0.4) is 0 Å². The van der Waals surface area contributed by atoms with Crippen molar-refractivity contribution < 1.29 is 19.1 Å². The van der Waals surface area contributed by atoms with Gasteiger partial charge in [-0.1, -0.05) is 30.3 Å². The molecule has 0 aliphatic heterocycles. The molecule has 8 heteroatoms. The minimum Gasteiger partial charge on any atom is -0.444 e. The maximum absolute atomic E-state index is 14.0. The van der Waals surface area contributed by atoms with E-state index in [0.29, 0.717) is 12.2 Å². The molecule has 2 N–H and O–H groups in total. The standard InChI is InChI=1S/C25H39N3O4S/c1-17(2)26-22(29)21(18-11-8-7-9-12-18)28(19-13-10-14-19)23(30)20(15-16-33-6)27-24(31)32-25(3,4)5/h7-9,11-12,17,19-21H,10,13-16H2,1-6H3,(H,26,29)(H,27,31). The van der Waals surface area contributed by atoms with E-state index in [9.17, 15) is 14.4 Å². The van der Waals surface area contributed by atoms with Gasteiger partial charge in [-0.25, -0.2) is 4.79 Å². The molecule has 2 unspecified atom stereocenters. The number of benzene rings is 1. The summed E-state index contributed by atoms with van der Waals surface area (Å²) in [5.74, 6) is 0.239. The Morgan fingerprint density at radius 3 is 2.24 bits per heavy atom. The fourth-order valence-electron chi connectivity index (χ4n) is 3.74. The van der Waals surface area contributed by atoms with Gasteiger partial charge in [0.1, 0.15) is 17.7 Å². The molecule has 1 aromatic carbocycles. The highest BCUT2D eigenvalue weighted by Crippen LogP contribution is 2.34. The Bertz CT molecular complexity index is 791. The zero-order chi connectivity index (χ0) is 24.6. The van der Waals surface area contributed by atoms with E-state index in [1.807, 2.05) is 50.4 Å². The van der Waals surface area contributed by atoms with Crippen molar-refractivity contribution in [1.29, 1.82) is 0 Å². The average Bonchev–Trinajstić information content (AvgIpc) is 2.67. The number of hydrogen-bond acceptors (Lipinski definition) is 5. The van der Waals surface area contributed by atoms with Gasteiger partial charge < -0.3 is 20.3 Å². The van der Waals surface area contributed by atoms with Gasteiger partial charge in [0, 0.05) is 12.1 Å². The number of ether oxygens (including phenoxy) is 1. The van der Waals surface area contributed by atoms with Crippen LogP contribution in [0.4, 0.5) is 4.79 Å². The van der Waals surface area contributed by atoms with Gasteiger partial charge in [-0.2, -0.15) is 11.8 Å². The van der Waals surface area contributed by atoms with Gasteiger partial charge in [-0.3, -0.25) is 9.59 Å². The maximum atomic E-state index is 14.0. The van der Waals surface area contributed by atoms with Crippen molar-refractivity contribution >= 4 is 29.7 Å². The summed E-state index contributed by atoms with van der Waals surface area (Å²) in [4.78, 5) is 41.6.